The smallest absolute Gasteiger partial charge is 0.137 e. The van der Waals surface area contributed by atoms with E-state index in [4.69, 9.17) is 5.11 Å². The maximum atomic E-state index is 9.24. The third kappa shape index (κ3) is 2.26. The fourth-order valence-electron chi connectivity index (χ4n) is 1.42. The molecule has 2 aromatic rings. The van der Waals surface area contributed by atoms with Crippen molar-refractivity contribution in [2.75, 3.05) is 18.5 Å². The van der Waals surface area contributed by atoms with Crippen molar-refractivity contribution in [3.63, 3.8) is 0 Å². The second-order valence-corrected chi connectivity index (χ2v) is 3.46. The fourth-order valence-corrected chi connectivity index (χ4v) is 1.42. The summed E-state index contributed by atoms with van der Waals surface area (Å²) in [6.07, 6.45) is 0.685. The van der Waals surface area contributed by atoms with Gasteiger partial charge in [-0.2, -0.15) is 0 Å². The number of hydrogen-bond donors (Lipinski definition) is 3. The summed E-state index contributed by atoms with van der Waals surface area (Å²) in [5.41, 5.74) is 0.846. The number of nitrogens with zero attached hydrogens (tertiary/aromatic N) is 2. The van der Waals surface area contributed by atoms with Gasteiger partial charge in [-0.1, -0.05) is 12.1 Å². The summed E-state index contributed by atoms with van der Waals surface area (Å²) in [6, 6.07) is 7.61. The van der Waals surface area contributed by atoms with Gasteiger partial charge in [0.15, 0.2) is 0 Å². The normalized spacial score (nSPS) is 12.6. The average Bonchev–Trinajstić information content (AvgIpc) is 2.35. The number of para-hydroxylation sites is 1. The third-order valence-electron chi connectivity index (χ3n) is 2.26. The van der Waals surface area contributed by atoms with Crippen molar-refractivity contribution in [1.82, 2.24) is 9.97 Å². The van der Waals surface area contributed by atoms with Gasteiger partial charge in [-0.25, -0.2) is 9.97 Å². The van der Waals surface area contributed by atoms with Crippen LogP contribution in [0.1, 0.15) is 0 Å². The molecule has 1 atom stereocenters. The largest absolute Gasteiger partial charge is 0.394 e. The van der Waals surface area contributed by atoms with Crippen LogP contribution in [-0.2, 0) is 0 Å². The minimum absolute atomic E-state index is 0.261. The lowest BCUT2D eigenvalue weighted by Crippen LogP contribution is -2.23. The molecule has 1 aromatic carbocycles. The Balaban J connectivity index is 2.23. The Kier molecular flexibility index (Phi) is 3.28. The van der Waals surface area contributed by atoms with Crippen molar-refractivity contribution in [1.29, 1.82) is 0 Å². The molecule has 0 radical (unpaired) electrons. The first-order chi connectivity index (χ1) is 7.81. The molecule has 5 heteroatoms. The van der Waals surface area contributed by atoms with E-state index in [1.807, 2.05) is 24.3 Å². The van der Waals surface area contributed by atoms with Gasteiger partial charge in [0.25, 0.3) is 0 Å². The highest BCUT2D eigenvalue weighted by Gasteiger charge is 2.05. The molecule has 0 aliphatic carbocycles. The second kappa shape index (κ2) is 4.87. The van der Waals surface area contributed by atoms with Crippen LogP contribution in [0.3, 0.4) is 0 Å². The van der Waals surface area contributed by atoms with E-state index in [0.717, 1.165) is 10.9 Å². The Morgan fingerprint density at radius 3 is 2.88 bits per heavy atom. The predicted molar refractivity (Wildman–Crippen MR) is 61.1 cm³/mol. The van der Waals surface area contributed by atoms with E-state index < -0.39 is 6.10 Å². The van der Waals surface area contributed by atoms with Crippen LogP contribution in [-0.4, -0.2) is 39.4 Å². The molecule has 0 bridgehead atoms. The number of aliphatic hydroxyl groups excluding tert-OH is 2. The Hall–Kier alpha value is -1.72. The molecule has 84 valence electrons. The maximum Gasteiger partial charge on any atom is 0.137 e. The molecule has 0 saturated heterocycles. The zero-order valence-electron chi connectivity index (χ0n) is 8.67. The molecule has 0 saturated carbocycles. The summed E-state index contributed by atoms with van der Waals surface area (Å²) in [5.74, 6) is 0.665. The summed E-state index contributed by atoms with van der Waals surface area (Å²) < 4.78 is 0. The number of hydrogen-bond acceptors (Lipinski definition) is 5. The lowest BCUT2D eigenvalue weighted by atomic mass is 10.2. The van der Waals surface area contributed by atoms with Crippen molar-refractivity contribution < 1.29 is 10.2 Å². The van der Waals surface area contributed by atoms with Crippen LogP contribution in [0.25, 0.3) is 10.9 Å². The van der Waals surface area contributed by atoms with Crippen molar-refractivity contribution in [3.05, 3.63) is 30.6 Å². The van der Waals surface area contributed by atoms with E-state index in [9.17, 15) is 5.11 Å². The van der Waals surface area contributed by atoms with Crippen LogP contribution in [0.15, 0.2) is 30.6 Å². The number of anilines is 1. The zero-order valence-corrected chi connectivity index (χ0v) is 8.67. The van der Waals surface area contributed by atoms with Gasteiger partial charge in [0, 0.05) is 11.9 Å². The fraction of sp³-hybridized carbons (Fsp3) is 0.273. The van der Waals surface area contributed by atoms with Crippen molar-refractivity contribution in [2.24, 2.45) is 0 Å². The van der Waals surface area contributed by atoms with E-state index in [1.165, 1.54) is 6.33 Å². The van der Waals surface area contributed by atoms with E-state index in [-0.39, 0.29) is 13.2 Å². The summed E-state index contributed by atoms with van der Waals surface area (Å²) in [6.45, 7) is -0.00642. The van der Waals surface area contributed by atoms with E-state index in [1.54, 1.807) is 0 Å². The zero-order chi connectivity index (χ0) is 11.4. The van der Waals surface area contributed by atoms with Crippen LogP contribution >= 0.6 is 0 Å². The van der Waals surface area contributed by atoms with Crippen molar-refractivity contribution in [3.8, 4) is 0 Å². The molecular weight excluding hydrogens is 206 g/mol. The van der Waals surface area contributed by atoms with Crippen LogP contribution in [0.5, 0.6) is 0 Å². The molecule has 1 heterocycles. The molecule has 0 aliphatic heterocycles. The van der Waals surface area contributed by atoms with Crippen molar-refractivity contribution >= 4 is 16.7 Å². The van der Waals surface area contributed by atoms with E-state index >= 15 is 0 Å². The Bertz CT molecular complexity index is 470. The Morgan fingerprint density at radius 2 is 2.06 bits per heavy atom. The minimum Gasteiger partial charge on any atom is -0.394 e. The topological polar surface area (TPSA) is 78.3 Å². The number of nitrogens with one attached hydrogen (secondary N) is 1. The maximum absolute atomic E-state index is 9.24. The number of benzene rings is 1. The SMILES string of the molecule is OC[C@@H](O)CNc1ncnc2ccccc12. The molecule has 0 unspecified atom stereocenters. The summed E-state index contributed by atoms with van der Waals surface area (Å²) >= 11 is 0. The first-order valence-electron chi connectivity index (χ1n) is 5.04. The third-order valence-corrected chi connectivity index (χ3v) is 2.26. The van der Waals surface area contributed by atoms with Crippen molar-refractivity contribution in [2.45, 2.75) is 6.10 Å². The number of rotatable bonds is 4. The monoisotopic (exact) mass is 219 g/mol. The number of fused-ring (bicyclic) bond motifs is 1. The average molecular weight is 219 g/mol. The highest BCUT2D eigenvalue weighted by Crippen LogP contribution is 2.17. The van der Waals surface area contributed by atoms with E-state index in [2.05, 4.69) is 15.3 Å². The summed E-state index contributed by atoms with van der Waals surface area (Å²) in [5, 5.41) is 21.8. The molecule has 16 heavy (non-hydrogen) atoms. The van der Waals surface area contributed by atoms with Gasteiger partial charge < -0.3 is 15.5 Å². The van der Waals surface area contributed by atoms with Gasteiger partial charge in [-0.05, 0) is 12.1 Å². The van der Waals surface area contributed by atoms with Gasteiger partial charge >= 0.3 is 0 Å². The summed E-state index contributed by atoms with van der Waals surface area (Å²) in [7, 11) is 0. The molecule has 0 fully saturated rings. The highest BCUT2D eigenvalue weighted by molar-refractivity contribution is 5.88. The van der Waals surface area contributed by atoms with Crippen LogP contribution in [0.4, 0.5) is 5.82 Å². The number of aromatic nitrogens is 2. The molecular formula is C11H13N3O2. The highest BCUT2D eigenvalue weighted by atomic mass is 16.3. The van der Waals surface area contributed by atoms with Gasteiger partial charge in [0.2, 0.25) is 0 Å². The lowest BCUT2D eigenvalue weighted by molar-refractivity contribution is 0.105. The predicted octanol–water partition coefficient (Wildman–Crippen LogP) is 0.395. The molecule has 0 amide bonds. The van der Waals surface area contributed by atoms with Crippen LogP contribution < -0.4 is 5.32 Å². The Morgan fingerprint density at radius 1 is 1.25 bits per heavy atom. The quantitative estimate of drug-likeness (QED) is 0.693. The molecule has 0 spiro atoms. The van der Waals surface area contributed by atoms with Gasteiger partial charge in [-0.3, -0.25) is 0 Å². The first-order valence-corrected chi connectivity index (χ1v) is 5.04. The molecule has 0 aliphatic rings. The standard InChI is InChI=1S/C11H13N3O2/c15-6-8(16)5-12-11-9-3-1-2-4-10(9)13-7-14-11/h1-4,7-8,15-16H,5-6H2,(H,12,13,14)/t8-/m0/s1. The molecule has 3 N–H and O–H groups in total. The second-order valence-electron chi connectivity index (χ2n) is 3.46. The number of aliphatic hydroxyl groups is 2. The van der Waals surface area contributed by atoms with Gasteiger partial charge in [-0.15, -0.1) is 0 Å². The first kappa shape index (κ1) is 10.8. The van der Waals surface area contributed by atoms with E-state index in [0.29, 0.717) is 5.82 Å². The van der Waals surface area contributed by atoms with Gasteiger partial charge in [0.05, 0.1) is 18.2 Å². The molecule has 1 aromatic heterocycles. The lowest BCUT2D eigenvalue weighted by Gasteiger charge is -2.10. The van der Waals surface area contributed by atoms with Crippen LogP contribution in [0.2, 0.25) is 0 Å². The van der Waals surface area contributed by atoms with Gasteiger partial charge in [0.1, 0.15) is 12.1 Å². The Labute approximate surface area is 92.8 Å². The minimum atomic E-state index is -0.784. The summed E-state index contributed by atoms with van der Waals surface area (Å²) in [4.78, 5) is 8.22. The van der Waals surface area contributed by atoms with Crippen LogP contribution in [0, 0.1) is 0 Å². The molecule has 5 nitrogen and oxygen atoms in total. The molecule has 2 rings (SSSR count).